The van der Waals surface area contributed by atoms with E-state index in [9.17, 15) is 9.59 Å². The van der Waals surface area contributed by atoms with Crippen LogP contribution in [0.25, 0.3) is 0 Å². The Balaban J connectivity index is 1.54. The van der Waals surface area contributed by atoms with Gasteiger partial charge in [0.15, 0.2) is 5.78 Å². The van der Waals surface area contributed by atoms with Gasteiger partial charge in [-0.15, -0.1) is 0 Å². The van der Waals surface area contributed by atoms with Crippen LogP contribution in [0.4, 0.5) is 0 Å². The maximum atomic E-state index is 12.2. The molecule has 1 aliphatic heterocycles. The molecule has 4 fully saturated rings. The van der Waals surface area contributed by atoms with Crippen LogP contribution >= 0.6 is 0 Å². The lowest BCUT2D eigenvalue weighted by Crippen LogP contribution is -2.57. The van der Waals surface area contributed by atoms with Crippen LogP contribution in [0, 0.1) is 34.5 Å². The topological polar surface area (TPSA) is 43.4 Å². The summed E-state index contributed by atoms with van der Waals surface area (Å²) < 4.78 is 6.11. The van der Waals surface area contributed by atoms with Crippen LogP contribution in [-0.4, -0.2) is 17.4 Å². The summed E-state index contributed by atoms with van der Waals surface area (Å²) >= 11 is 0. The Labute approximate surface area is 169 Å². The maximum absolute atomic E-state index is 12.2. The molecular weight excluding hydrogens is 348 g/mol. The zero-order valence-corrected chi connectivity index (χ0v) is 17.9. The normalized spacial score (nSPS) is 50.0. The van der Waals surface area contributed by atoms with Gasteiger partial charge in [0.05, 0.1) is 0 Å². The number of ether oxygens (including phenoxy) is 1. The van der Waals surface area contributed by atoms with Crippen molar-refractivity contribution < 1.29 is 14.3 Å². The second kappa shape index (κ2) is 6.19. The molecule has 154 valence electrons. The van der Waals surface area contributed by atoms with Gasteiger partial charge in [0, 0.05) is 18.3 Å². The van der Waals surface area contributed by atoms with Crippen LogP contribution in [0.3, 0.4) is 0 Å². The zero-order valence-electron chi connectivity index (χ0n) is 17.9. The number of fused-ring (bicyclic) bond motifs is 6. The Kier molecular flexibility index (Phi) is 4.17. The third-order valence-electron chi connectivity index (χ3n) is 10.1. The average Bonchev–Trinajstić information content (AvgIpc) is 3.18. The average molecular weight is 385 g/mol. The van der Waals surface area contributed by atoms with E-state index in [0.29, 0.717) is 30.0 Å². The standard InChI is InChI=1S/C25H36O3/c1-4-5-16-14-17-15-18(26)6-10-23(17,2)19-7-11-24(3)20(22(16)19)8-12-25(24)13-9-21(27)28-25/h15-16,19-20,22H,4-14H2,1-3H3/t16-,19+,20+,22-,23+,24+,25-/m1/s1. The summed E-state index contributed by atoms with van der Waals surface area (Å²) in [6.07, 6.45) is 13.7. The minimum atomic E-state index is -0.184. The van der Waals surface area contributed by atoms with Crippen molar-refractivity contribution in [2.24, 2.45) is 34.5 Å². The van der Waals surface area contributed by atoms with Crippen molar-refractivity contribution in [2.75, 3.05) is 0 Å². The lowest BCUT2D eigenvalue weighted by molar-refractivity contribution is -0.171. The van der Waals surface area contributed by atoms with Crippen molar-refractivity contribution in [2.45, 2.75) is 97.0 Å². The molecule has 3 heteroatoms. The number of hydrogen-bond donors (Lipinski definition) is 0. The highest BCUT2D eigenvalue weighted by Crippen LogP contribution is 2.71. The molecule has 4 aliphatic carbocycles. The quantitative estimate of drug-likeness (QED) is 0.580. The molecule has 28 heavy (non-hydrogen) atoms. The number of carbonyl (C=O) groups excluding carboxylic acids is 2. The highest BCUT2D eigenvalue weighted by atomic mass is 16.6. The summed E-state index contributed by atoms with van der Waals surface area (Å²) in [7, 11) is 0. The molecule has 0 radical (unpaired) electrons. The van der Waals surface area contributed by atoms with Gasteiger partial charge < -0.3 is 4.74 Å². The first-order valence-electron chi connectivity index (χ1n) is 11.8. The molecular formula is C25H36O3. The molecule has 0 unspecified atom stereocenters. The van der Waals surface area contributed by atoms with Gasteiger partial charge in [0.25, 0.3) is 0 Å². The van der Waals surface area contributed by atoms with Crippen LogP contribution in [0.1, 0.15) is 91.4 Å². The molecule has 0 aromatic rings. The number of hydrogen-bond acceptors (Lipinski definition) is 3. The minimum absolute atomic E-state index is 0.0284. The van der Waals surface area contributed by atoms with Crippen LogP contribution in [-0.2, 0) is 14.3 Å². The summed E-state index contributed by atoms with van der Waals surface area (Å²) in [5, 5.41) is 0. The Bertz CT molecular complexity index is 738. The summed E-state index contributed by atoms with van der Waals surface area (Å²) in [6.45, 7) is 7.23. The predicted octanol–water partition coefficient (Wildman–Crippen LogP) is 5.62. The molecule has 1 heterocycles. The van der Waals surface area contributed by atoms with Gasteiger partial charge in [-0.05, 0) is 80.1 Å². The van der Waals surface area contributed by atoms with Gasteiger partial charge in [0.2, 0.25) is 0 Å². The van der Waals surface area contributed by atoms with Gasteiger partial charge in [0.1, 0.15) is 5.60 Å². The van der Waals surface area contributed by atoms with Crippen molar-refractivity contribution in [1.82, 2.24) is 0 Å². The minimum Gasteiger partial charge on any atom is -0.458 e. The second-order valence-corrected chi connectivity index (χ2v) is 11.1. The fraction of sp³-hybridized carbons (Fsp3) is 0.840. The molecule has 0 aromatic carbocycles. The smallest absolute Gasteiger partial charge is 0.306 e. The van der Waals surface area contributed by atoms with Crippen molar-refractivity contribution in [3.8, 4) is 0 Å². The first-order valence-corrected chi connectivity index (χ1v) is 11.8. The van der Waals surface area contributed by atoms with Crippen LogP contribution in [0.2, 0.25) is 0 Å². The molecule has 1 spiro atoms. The van der Waals surface area contributed by atoms with E-state index in [1.54, 1.807) is 0 Å². The largest absolute Gasteiger partial charge is 0.458 e. The fourth-order valence-corrected chi connectivity index (χ4v) is 8.67. The third-order valence-corrected chi connectivity index (χ3v) is 10.1. The molecule has 5 rings (SSSR count). The van der Waals surface area contributed by atoms with E-state index >= 15 is 0 Å². The van der Waals surface area contributed by atoms with Crippen molar-refractivity contribution >= 4 is 11.8 Å². The van der Waals surface area contributed by atoms with Gasteiger partial charge in [-0.1, -0.05) is 39.2 Å². The van der Waals surface area contributed by atoms with Crippen molar-refractivity contribution in [3.05, 3.63) is 11.6 Å². The van der Waals surface area contributed by atoms with E-state index in [-0.39, 0.29) is 22.4 Å². The molecule has 3 nitrogen and oxygen atoms in total. The Morgan fingerprint density at radius 2 is 1.82 bits per heavy atom. The van der Waals surface area contributed by atoms with Crippen LogP contribution in [0.5, 0.6) is 0 Å². The molecule has 0 N–H and O–H groups in total. The molecule has 0 aromatic heterocycles. The Hall–Kier alpha value is -1.12. The van der Waals surface area contributed by atoms with Crippen molar-refractivity contribution in [3.63, 3.8) is 0 Å². The highest BCUT2D eigenvalue weighted by Gasteiger charge is 2.68. The number of ketones is 1. The second-order valence-electron chi connectivity index (χ2n) is 11.1. The van der Waals surface area contributed by atoms with E-state index in [4.69, 9.17) is 4.74 Å². The monoisotopic (exact) mass is 384 g/mol. The Morgan fingerprint density at radius 3 is 2.54 bits per heavy atom. The van der Waals surface area contributed by atoms with Gasteiger partial charge in [-0.3, -0.25) is 9.59 Å². The summed E-state index contributed by atoms with van der Waals surface area (Å²) in [4.78, 5) is 24.3. The third kappa shape index (κ3) is 2.34. The van der Waals surface area contributed by atoms with Gasteiger partial charge in [-0.2, -0.15) is 0 Å². The van der Waals surface area contributed by atoms with E-state index in [2.05, 4.69) is 20.8 Å². The van der Waals surface area contributed by atoms with E-state index in [1.165, 1.54) is 37.7 Å². The molecule has 0 bridgehead atoms. The number of rotatable bonds is 2. The maximum Gasteiger partial charge on any atom is 0.306 e. The van der Waals surface area contributed by atoms with E-state index in [1.807, 2.05) is 6.08 Å². The summed E-state index contributed by atoms with van der Waals surface area (Å²) in [5.74, 6) is 3.16. The van der Waals surface area contributed by atoms with E-state index in [0.717, 1.165) is 38.0 Å². The number of allylic oxidation sites excluding steroid dienone is 1. The molecule has 3 saturated carbocycles. The lowest BCUT2D eigenvalue weighted by Gasteiger charge is -2.61. The fourth-order valence-electron chi connectivity index (χ4n) is 8.67. The zero-order chi connectivity index (χ0) is 19.7. The van der Waals surface area contributed by atoms with E-state index < -0.39 is 0 Å². The first kappa shape index (κ1) is 18.9. The first-order chi connectivity index (χ1) is 13.3. The SMILES string of the molecule is CCC[C@@H]1CC2=CC(=O)CC[C@]2(C)[C@H]2CC[C@@]3(C)[C@@H](CC[C@@]34CCC(=O)O4)[C@H]12. The van der Waals surface area contributed by atoms with Gasteiger partial charge in [-0.25, -0.2) is 0 Å². The lowest BCUT2D eigenvalue weighted by atomic mass is 9.43. The highest BCUT2D eigenvalue weighted by molar-refractivity contribution is 5.91. The number of esters is 1. The van der Waals surface area contributed by atoms with Crippen LogP contribution in [0.15, 0.2) is 11.6 Å². The van der Waals surface area contributed by atoms with Crippen LogP contribution < -0.4 is 0 Å². The predicted molar refractivity (Wildman–Crippen MR) is 109 cm³/mol. The summed E-state index contributed by atoms with van der Waals surface area (Å²) in [6, 6.07) is 0. The van der Waals surface area contributed by atoms with Gasteiger partial charge >= 0.3 is 5.97 Å². The molecule has 1 saturated heterocycles. The molecule has 7 atom stereocenters. The van der Waals surface area contributed by atoms with Crippen molar-refractivity contribution in [1.29, 1.82) is 0 Å². The molecule has 0 amide bonds. The number of carbonyl (C=O) groups is 2. The molecule has 5 aliphatic rings. The Morgan fingerprint density at radius 1 is 1.04 bits per heavy atom. The summed E-state index contributed by atoms with van der Waals surface area (Å²) in [5.41, 5.74) is 1.64.